The first-order chi connectivity index (χ1) is 9.30. The molecule has 1 heterocycles. The highest BCUT2D eigenvalue weighted by atomic mass is 35.5. The SMILES string of the molecule is CC1(C)CCCN(c2c(Cl)cc(N)cc2C(N)=O)CC1. The van der Waals surface area contributed by atoms with Crippen LogP contribution < -0.4 is 16.4 Å². The van der Waals surface area contributed by atoms with Crippen molar-refractivity contribution in [3.8, 4) is 0 Å². The van der Waals surface area contributed by atoms with Gasteiger partial charge in [-0.1, -0.05) is 25.4 Å². The molecule has 1 aliphatic rings. The molecule has 110 valence electrons. The van der Waals surface area contributed by atoms with E-state index >= 15 is 0 Å². The topological polar surface area (TPSA) is 72.3 Å². The molecule has 1 aromatic carbocycles. The van der Waals surface area contributed by atoms with Gasteiger partial charge < -0.3 is 16.4 Å². The quantitative estimate of drug-likeness (QED) is 0.824. The van der Waals surface area contributed by atoms with Gasteiger partial charge in [0.1, 0.15) is 0 Å². The third-order valence-corrected chi connectivity index (χ3v) is 4.30. The molecule has 0 saturated carbocycles. The third-order valence-electron chi connectivity index (χ3n) is 4.01. The summed E-state index contributed by atoms with van der Waals surface area (Å²) in [4.78, 5) is 13.8. The summed E-state index contributed by atoms with van der Waals surface area (Å²) in [5.41, 5.74) is 13.2. The van der Waals surface area contributed by atoms with Crippen LogP contribution in [-0.4, -0.2) is 19.0 Å². The molecule has 0 atom stereocenters. The molecule has 1 aromatic rings. The molecule has 0 bridgehead atoms. The van der Waals surface area contributed by atoms with E-state index < -0.39 is 5.91 Å². The molecule has 1 fully saturated rings. The predicted octanol–water partition coefficient (Wildman–Crippen LogP) is 3.04. The van der Waals surface area contributed by atoms with Gasteiger partial charge in [0.2, 0.25) is 0 Å². The second-order valence-corrected chi connectivity index (χ2v) is 6.68. The molecule has 0 aliphatic carbocycles. The van der Waals surface area contributed by atoms with Gasteiger partial charge >= 0.3 is 0 Å². The molecule has 1 amide bonds. The molecular formula is C15H22ClN3O. The van der Waals surface area contributed by atoms with Gasteiger partial charge in [0, 0.05) is 18.8 Å². The van der Waals surface area contributed by atoms with Crippen molar-refractivity contribution in [3.63, 3.8) is 0 Å². The van der Waals surface area contributed by atoms with Crippen LogP contribution in [0.5, 0.6) is 0 Å². The normalized spacial score (nSPS) is 18.6. The number of rotatable bonds is 2. The average Bonchev–Trinajstić information content (AvgIpc) is 2.49. The molecule has 1 aliphatic heterocycles. The number of hydrogen-bond donors (Lipinski definition) is 2. The smallest absolute Gasteiger partial charge is 0.250 e. The van der Waals surface area contributed by atoms with Crippen LogP contribution in [0.2, 0.25) is 5.02 Å². The van der Waals surface area contributed by atoms with Gasteiger partial charge in [-0.15, -0.1) is 0 Å². The van der Waals surface area contributed by atoms with Crippen molar-refractivity contribution in [2.45, 2.75) is 33.1 Å². The number of halogens is 1. The van der Waals surface area contributed by atoms with E-state index in [9.17, 15) is 4.79 Å². The van der Waals surface area contributed by atoms with E-state index in [1.54, 1.807) is 12.1 Å². The summed E-state index contributed by atoms with van der Waals surface area (Å²) in [6, 6.07) is 3.29. The van der Waals surface area contributed by atoms with Crippen LogP contribution in [0.15, 0.2) is 12.1 Å². The second kappa shape index (κ2) is 5.52. The van der Waals surface area contributed by atoms with E-state index in [4.69, 9.17) is 23.1 Å². The van der Waals surface area contributed by atoms with E-state index in [0.29, 0.717) is 21.7 Å². The Morgan fingerprint density at radius 3 is 2.65 bits per heavy atom. The van der Waals surface area contributed by atoms with Crippen LogP contribution in [0.25, 0.3) is 0 Å². The highest BCUT2D eigenvalue weighted by Crippen LogP contribution is 2.37. The van der Waals surface area contributed by atoms with Gasteiger partial charge in [0.15, 0.2) is 0 Å². The first-order valence-corrected chi connectivity index (χ1v) is 7.32. The number of nitrogens with two attached hydrogens (primary N) is 2. The summed E-state index contributed by atoms with van der Waals surface area (Å²) in [6.45, 7) is 6.30. The maximum absolute atomic E-state index is 11.7. The van der Waals surface area contributed by atoms with Gasteiger partial charge in [-0.3, -0.25) is 4.79 Å². The number of hydrogen-bond acceptors (Lipinski definition) is 3. The summed E-state index contributed by atoms with van der Waals surface area (Å²) >= 11 is 6.31. The fourth-order valence-electron chi connectivity index (χ4n) is 2.78. The van der Waals surface area contributed by atoms with E-state index in [0.717, 1.165) is 31.6 Å². The third kappa shape index (κ3) is 3.18. The van der Waals surface area contributed by atoms with Crippen LogP contribution in [-0.2, 0) is 0 Å². The Morgan fingerprint density at radius 2 is 2.00 bits per heavy atom. The molecule has 0 unspecified atom stereocenters. The molecular weight excluding hydrogens is 274 g/mol. The summed E-state index contributed by atoms with van der Waals surface area (Å²) < 4.78 is 0. The number of benzene rings is 1. The standard InChI is InChI=1S/C15H22ClN3O/c1-15(2)4-3-6-19(7-5-15)13-11(14(18)20)8-10(17)9-12(13)16/h8-9H,3-7,17H2,1-2H3,(H2,18,20). The maximum atomic E-state index is 11.7. The van der Waals surface area contributed by atoms with Crippen molar-refractivity contribution in [2.24, 2.45) is 11.1 Å². The predicted molar refractivity (Wildman–Crippen MR) is 84.2 cm³/mol. The van der Waals surface area contributed by atoms with E-state index in [2.05, 4.69) is 18.7 Å². The number of primary amides is 1. The maximum Gasteiger partial charge on any atom is 0.250 e. The van der Waals surface area contributed by atoms with Gasteiger partial charge in [-0.05, 0) is 36.8 Å². The fraction of sp³-hybridized carbons (Fsp3) is 0.533. The van der Waals surface area contributed by atoms with Crippen molar-refractivity contribution in [2.75, 3.05) is 23.7 Å². The molecule has 0 spiro atoms. The van der Waals surface area contributed by atoms with E-state index in [1.807, 2.05) is 0 Å². The van der Waals surface area contributed by atoms with E-state index in [1.165, 1.54) is 6.42 Å². The zero-order valence-electron chi connectivity index (χ0n) is 12.1. The lowest BCUT2D eigenvalue weighted by molar-refractivity contribution is 0.100. The van der Waals surface area contributed by atoms with Gasteiger partial charge in [0.25, 0.3) is 5.91 Å². The minimum Gasteiger partial charge on any atom is -0.399 e. The van der Waals surface area contributed by atoms with E-state index in [-0.39, 0.29) is 0 Å². The summed E-state index contributed by atoms with van der Waals surface area (Å²) in [5, 5.41) is 0.499. The Labute approximate surface area is 125 Å². The Bertz CT molecular complexity index is 528. The van der Waals surface area contributed by atoms with Crippen molar-refractivity contribution >= 4 is 28.9 Å². The molecule has 0 aromatic heterocycles. The number of amides is 1. The summed E-state index contributed by atoms with van der Waals surface area (Å²) in [6.07, 6.45) is 3.31. The lowest BCUT2D eigenvalue weighted by atomic mass is 9.85. The Morgan fingerprint density at radius 1 is 1.30 bits per heavy atom. The summed E-state index contributed by atoms with van der Waals surface area (Å²) in [7, 11) is 0. The molecule has 5 heteroatoms. The molecule has 4 nitrogen and oxygen atoms in total. The van der Waals surface area contributed by atoms with Crippen LogP contribution >= 0.6 is 11.6 Å². The molecule has 0 radical (unpaired) electrons. The number of carbonyl (C=O) groups excluding carboxylic acids is 1. The zero-order chi connectivity index (χ0) is 14.9. The highest BCUT2D eigenvalue weighted by Gasteiger charge is 2.26. The molecule has 1 saturated heterocycles. The monoisotopic (exact) mass is 295 g/mol. The van der Waals surface area contributed by atoms with Crippen LogP contribution in [0, 0.1) is 5.41 Å². The number of anilines is 2. The Balaban J connectivity index is 2.39. The largest absolute Gasteiger partial charge is 0.399 e. The summed E-state index contributed by atoms with van der Waals surface area (Å²) in [5.74, 6) is -0.488. The van der Waals surface area contributed by atoms with Crippen molar-refractivity contribution < 1.29 is 4.79 Å². The lowest BCUT2D eigenvalue weighted by Gasteiger charge is -2.27. The molecule has 20 heavy (non-hydrogen) atoms. The van der Waals surface area contributed by atoms with Gasteiger partial charge in [0.05, 0.1) is 16.3 Å². The first-order valence-electron chi connectivity index (χ1n) is 6.94. The van der Waals surface area contributed by atoms with Crippen molar-refractivity contribution in [3.05, 3.63) is 22.7 Å². The van der Waals surface area contributed by atoms with Crippen molar-refractivity contribution in [1.82, 2.24) is 0 Å². The zero-order valence-corrected chi connectivity index (χ0v) is 12.8. The Hall–Kier alpha value is -1.42. The van der Waals surface area contributed by atoms with Gasteiger partial charge in [-0.2, -0.15) is 0 Å². The van der Waals surface area contributed by atoms with Crippen LogP contribution in [0.1, 0.15) is 43.5 Å². The number of nitrogen functional groups attached to an aromatic ring is 1. The lowest BCUT2D eigenvalue weighted by Crippen LogP contribution is -2.28. The van der Waals surface area contributed by atoms with Crippen LogP contribution in [0.4, 0.5) is 11.4 Å². The molecule has 2 rings (SSSR count). The number of nitrogens with zero attached hydrogens (tertiary/aromatic N) is 1. The van der Waals surface area contributed by atoms with Gasteiger partial charge in [-0.25, -0.2) is 0 Å². The fourth-order valence-corrected chi connectivity index (χ4v) is 3.12. The minimum absolute atomic E-state index is 0.321. The average molecular weight is 296 g/mol. The highest BCUT2D eigenvalue weighted by molar-refractivity contribution is 6.34. The second-order valence-electron chi connectivity index (χ2n) is 6.27. The molecule has 4 N–H and O–H groups in total. The number of carbonyl (C=O) groups is 1. The van der Waals surface area contributed by atoms with Crippen LogP contribution in [0.3, 0.4) is 0 Å². The first kappa shape index (κ1) is 15.0. The minimum atomic E-state index is -0.488. The van der Waals surface area contributed by atoms with Crippen molar-refractivity contribution in [1.29, 1.82) is 0 Å². The Kier molecular flexibility index (Phi) is 4.14.